The van der Waals surface area contributed by atoms with Crippen molar-refractivity contribution in [3.63, 3.8) is 0 Å². The molecule has 5 aromatic rings. The van der Waals surface area contributed by atoms with Gasteiger partial charge in [-0.2, -0.15) is 0 Å². The van der Waals surface area contributed by atoms with E-state index in [1.54, 1.807) is 48.5 Å². The van der Waals surface area contributed by atoms with Crippen molar-refractivity contribution in [2.24, 2.45) is 0 Å². The fourth-order valence-electron chi connectivity index (χ4n) is 3.73. The van der Waals surface area contributed by atoms with Crippen LogP contribution in [0.15, 0.2) is 133 Å². The minimum Gasteiger partial charge on any atom is -0.423 e. The zero-order valence-electron chi connectivity index (χ0n) is 22.0. The van der Waals surface area contributed by atoms with Crippen molar-refractivity contribution in [1.82, 2.24) is 0 Å². The van der Waals surface area contributed by atoms with Crippen molar-refractivity contribution in [1.29, 1.82) is 0 Å². The summed E-state index contributed by atoms with van der Waals surface area (Å²) in [5.41, 5.74) is 0.807. The maximum absolute atomic E-state index is 12.7. The van der Waals surface area contributed by atoms with Crippen LogP contribution in [0.4, 0.5) is 0 Å². The predicted octanol–water partition coefficient (Wildman–Crippen LogP) is 6.56. The minimum absolute atomic E-state index is 0.121. The quantitative estimate of drug-likeness (QED) is 0.156. The number of ether oxygens (including phenoxy) is 4. The topological polar surface area (TPSA) is 105 Å². The van der Waals surface area contributed by atoms with E-state index in [4.69, 9.17) is 18.9 Å². The summed E-state index contributed by atoms with van der Waals surface area (Å²) in [4.78, 5) is 50.1. The van der Waals surface area contributed by atoms with Gasteiger partial charge < -0.3 is 18.9 Å². The molecule has 0 aromatic heterocycles. The molecule has 0 unspecified atom stereocenters. The van der Waals surface area contributed by atoms with Gasteiger partial charge in [0.05, 0.1) is 22.3 Å². The maximum Gasteiger partial charge on any atom is 0.343 e. The second-order valence-electron chi connectivity index (χ2n) is 8.81. The Balaban J connectivity index is 1.17. The molecule has 0 saturated heterocycles. The van der Waals surface area contributed by atoms with E-state index >= 15 is 0 Å². The zero-order chi connectivity index (χ0) is 29.3. The number of hydrogen-bond donors (Lipinski definition) is 0. The van der Waals surface area contributed by atoms with Crippen molar-refractivity contribution < 1.29 is 38.1 Å². The van der Waals surface area contributed by atoms with Crippen LogP contribution < -0.4 is 18.9 Å². The van der Waals surface area contributed by atoms with E-state index in [2.05, 4.69) is 0 Å². The molecule has 0 atom stereocenters. The van der Waals surface area contributed by atoms with E-state index < -0.39 is 23.9 Å². The lowest BCUT2D eigenvalue weighted by Gasteiger charge is -2.08. The molecule has 0 bridgehead atoms. The molecule has 42 heavy (non-hydrogen) atoms. The van der Waals surface area contributed by atoms with Crippen LogP contribution in [-0.2, 0) is 0 Å². The van der Waals surface area contributed by atoms with Gasteiger partial charge in [-0.05, 0) is 91.0 Å². The molecule has 5 aromatic carbocycles. The van der Waals surface area contributed by atoms with Crippen molar-refractivity contribution >= 4 is 23.9 Å². The second-order valence-corrected chi connectivity index (χ2v) is 8.81. The molecule has 206 valence electrons. The summed E-state index contributed by atoms with van der Waals surface area (Å²) in [6.45, 7) is 0. The summed E-state index contributed by atoms with van der Waals surface area (Å²) in [5.74, 6) is -1.27. The first kappa shape index (κ1) is 27.5. The fraction of sp³-hybridized carbons (Fsp3) is 0. The molecule has 0 saturated carbocycles. The normalized spacial score (nSPS) is 10.3. The van der Waals surface area contributed by atoms with Crippen molar-refractivity contribution in [3.05, 3.63) is 156 Å². The van der Waals surface area contributed by atoms with Gasteiger partial charge in [-0.1, -0.05) is 42.5 Å². The molecule has 0 aliphatic rings. The standard InChI is InChI=1S/C34H22O8/c35-31(39-27-10-3-1-4-11-27)23-14-18-29(19-15-23)41-33(37)25-8-7-9-26(22-25)34(38)42-30-20-16-24(17-21-30)32(36)40-28-12-5-2-6-13-28/h1-22H. The highest BCUT2D eigenvalue weighted by Crippen LogP contribution is 2.20. The molecule has 0 aliphatic carbocycles. The van der Waals surface area contributed by atoms with Crippen LogP contribution in [0.1, 0.15) is 41.4 Å². The lowest BCUT2D eigenvalue weighted by molar-refractivity contribution is 0.0723. The Morgan fingerprint density at radius 2 is 0.619 bits per heavy atom. The summed E-state index contributed by atoms with van der Waals surface area (Å²) in [5, 5.41) is 0. The summed E-state index contributed by atoms with van der Waals surface area (Å²) >= 11 is 0. The van der Waals surface area contributed by atoms with Crippen LogP contribution in [-0.4, -0.2) is 23.9 Å². The van der Waals surface area contributed by atoms with Crippen LogP contribution in [0.3, 0.4) is 0 Å². The summed E-state index contributed by atoms with van der Waals surface area (Å²) in [6, 6.07) is 35.0. The third-order valence-electron chi connectivity index (χ3n) is 5.84. The van der Waals surface area contributed by atoms with Gasteiger partial charge in [0.25, 0.3) is 0 Å². The van der Waals surface area contributed by atoms with E-state index in [0.29, 0.717) is 11.5 Å². The number of esters is 4. The van der Waals surface area contributed by atoms with Gasteiger partial charge in [-0.15, -0.1) is 0 Å². The third-order valence-corrected chi connectivity index (χ3v) is 5.84. The van der Waals surface area contributed by atoms with Crippen molar-refractivity contribution in [3.8, 4) is 23.0 Å². The summed E-state index contributed by atoms with van der Waals surface area (Å²) in [7, 11) is 0. The number of carbonyl (C=O) groups excluding carboxylic acids is 4. The minimum atomic E-state index is -0.703. The van der Waals surface area contributed by atoms with Gasteiger partial charge >= 0.3 is 23.9 Å². The number of carbonyl (C=O) groups is 4. The van der Waals surface area contributed by atoms with Gasteiger partial charge in [0.2, 0.25) is 0 Å². The Morgan fingerprint density at radius 3 is 0.976 bits per heavy atom. The molecule has 0 radical (unpaired) electrons. The number of para-hydroxylation sites is 2. The monoisotopic (exact) mass is 558 g/mol. The first-order valence-electron chi connectivity index (χ1n) is 12.7. The molecule has 0 N–H and O–H groups in total. The molecular weight excluding hydrogens is 536 g/mol. The highest BCUT2D eigenvalue weighted by molar-refractivity contribution is 5.97. The molecular formula is C34H22O8. The largest absolute Gasteiger partial charge is 0.423 e. The van der Waals surface area contributed by atoms with Gasteiger partial charge in [-0.25, -0.2) is 19.2 Å². The Bertz CT molecular complexity index is 1590. The van der Waals surface area contributed by atoms with Crippen molar-refractivity contribution in [2.75, 3.05) is 0 Å². The van der Waals surface area contributed by atoms with Crippen LogP contribution in [0.5, 0.6) is 23.0 Å². The third kappa shape index (κ3) is 7.13. The van der Waals surface area contributed by atoms with Gasteiger partial charge in [0, 0.05) is 0 Å². The maximum atomic E-state index is 12.7. The average Bonchev–Trinajstić information content (AvgIpc) is 3.02. The molecule has 0 amide bonds. The molecule has 0 aliphatic heterocycles. The molecule has 0 heterocycles. The van der Waals surface area contributed by atoms with Gasteiger partial charge in [0.1, 0.15) is 23.0 Å². The average molecular weight is 559 g/mol. The van der Waals surface area contributed by atoms with Crippen molar-refractivity contribution in [2.45, 2.75) is 0 Å². The Kier molecular flexibility index (Phi) is 8.45. The second kappa shape index (κ2) is 12.9. The SMILES string of the molecule is O=C(Oc1ccccc1)c1ccc(OC(=O)c2cccc(C(=O)Oc3ccc(C(=O)Oc4ccccc4)cc3)c2)cc1. The first-order valence-corrected chi connectivity index (χ1v) is 12.7. The van der Waals surface area contributed by atoms with Crippen LogP contribution in [0.25, 0.3) is 0 Å². The molecule has 8 nitrogen and oxygen atoms in total. The lowest BCUT2D eigenvalue weighted by Crippen LogP contribution is -2.13. The predicted molar refractivity (Wildman–Crippen MR) is 152 cm³/mol. The highest BCUT2D eigenvalue weighted by atomic mass is 16.5. The zero-order valence-corrected chi connectivity index (χ0v) is 22.0. The molecule has 0 fully saturated rings. The molecule has 0 spiro atoms. The highest BCUT2D eigenvalue weighted by Gasteiger charge is 2.16. The Hall–Kier alpha value is -6.02. The number of hydrogen-bond acceptors (Lipinski definition) is 8. The smallest absolute Gasteiger partial charge is 0.343 e. The van der Waals surface area contributed by atoms with Gasteiger partial charge in [0.15, 0.2) is 0 Å². The number of rotatable bonds is 8. The summed E-state index contributed by atoms with van der Waals surface area (Å²) < 4.78 is 21.4. The first-order chi connectivity index (χ1) is 20.4. The van der Waals surface area contributed by atoms with E-state index in [1.165, 1.54) is 72.8 Å². The molecule has 8 heteroatoms. The fourth-order valence-corrected chi connectivity index (χ4v) is 3.73. The van der Waals surface area contributed by atoms with Gasteiger partial charge in [-0.3, -0.25) is 0 Å². The summed E-state index contributed by atoms with van der Waals surface area (Å²) in [6.07, 6.45) is 0. The molecule has 5 rings (SSSR count). The van der Waals surface area contributed by atoms with E-state index in [-0.39, 0.29) is 33.8 Å². The van der Waals surface area contributed by atoms with Crippen LogP contribution in [0.2, 0.25) is 0 Å². The van der Waals surface area contributed by atoms with E-state index in [9.17, 15) is 19.2 Å². The van der Waals surface area contributed by atoms with E-state index in [1.807, 2.05) is 12.1 Å². The van der Waals surface area contributed by atoms with Crippen LogP contribution in [0, 0.1) is 0 Å². The Labute approximate surface area is 240 Å². The number of benzene rings is 5. The van der Waals surface area contributed by atoms with Crippen LogP contribution >= 0.6 is 0 Å². The lowest BCUT2D eigenvalue weighted by atomic mass is 10.1. The van der Waals surface area contributed by atoms with E-state index in [0.717, 1.165) is 0 Å². The Morgan fingerprint density at radius 1 is 0.310 bits per heavy atom.